The summed E-state index contributed by atoms with van der Waals surface area (Å²) in [5, 5.41) is 0. The molecule has 1 aromatic carbocycles. The third-order valence-corrected chi connectivity index (χ3v) is 3.01. The van der Waals surface area contributed by atoms with Crippen LogP contribution in [-0.4, -0.2) is 30.0 Å². The highest BCUT2D eigenvalue weighted by molar-refractivity contribution is 5.73. The van der Waals surface area contributed by atoms with Gasteiger partial charge in [0.15, 0.2) is 11.5 Å². The Kier molecular flexibility index (Phi) is 4.33. The lowest BCUT2D eigenvalue weighted by Gasteiger charge is -2.16. The molecule has 0 saturated heterocycles. The molecule has 1 aromatic heterocycles. The minimum absolute atomic E-state index is 0.721. The fourth-order valence-electron chi connectivity index (χ4n) is 2.10. The smallest absolute Gasteiger partial charge is 0.192 e. The fraction of sp³-hybridized carbons (Fsp3) is 0.500. The van der Waals surface area contributed by atoms with Gasteiger partial charge < -0.3 is 15.1 Å². The van der Waals surface area contributed by atoms with Crippen molar-refractivity contribution in [2.24, 2.45) is 5.73 Å². The van der Waals surface area contributed by atoms with E-state index in [9.17, 15) is 0 Å². The van der Waals surface area contributed by atoms with Gasteiger partial charge in [0.2, 0.25) is 0 Å². The van der Waals surface area contributed by atoms with Crippen molar-refractivity contribution in [2.75, 3.05) is 20.1 Å². The van der Waals surface area contributed by atoms with Crippen LogP contribution in [0.3, 0.4) is 0 Å². The van der Waals surface area contributed by atoms with E-state index >= 15 is 0 Å². The van der Waals surface area contributed by atoms with E-state index in [1.54, 1.807) is 0 Å². The van der Waals surface area contributed by atoms with Gasteiger partial charge in [0.05, 0.1) is 0 Å². The van der Waals surface area contributed by atoms with Crippen molar-refractivity contribution >= 4 is 11.1 Å². The van der Waals surface area contributed by atoms with Crippen LogP contribution in [0.25, 0.3) is 11.1 Å². The normalized spacial score (nSPS) is 11.6. The van der Waals surface area contributed by atoms with Crippen LogP contribution in [0.15, 0.2) is 22.6 Å². The molecule has 18 heavy (non-hydrogen) atoms. The molecule has 0 spiro atoms. The summed E-state index contributed by atoms with van der Waals surface area (Å²) in [6.45, 7) is 4.65. The van der Waals surface area contributed by atoms with E-state index < -0.39 is 0 Å². The minimum Gasteiger partial charge on any atom is -0.441 e. The number of rotatable bonds is 6. The minimum atomic E-state index is 0.721. The lowest BCUT2D eigenvalue weighted by molar-refractivity contribution is 0.319. The maximum atomic E-state index is 5.54. The second kappa shape index (κ2) is 5.98. The molecule has 0 unspecified atom stereocenters. The summed E-state index contributed by atoms with van der Waals surface area (Å²) in [6, 6.07) is 6.22. The number of unbranched alkanes of at least 4 members (excludes halogenated alkanes) is 1. The first-order chi connectivity index (χ1) is 8.69. The number of nitrogens with zero attached hydrogens (tertiary/aromatic N) is 2. The summed E-state index contributed by atoms with van der Waals surface area (Å²) < 4.78 is 5.54. The Bertz CT molecular complexity index is 507. The van der Waals surface area contributed by atoms with E-state index in [-0.39, 0.29) is 0 Å². The summed E-state index contributed by atoms with van der Waals surface area (Å²) in [7, 11) is 2.13. The zero-order chi connectivity index (χ0) is 13.0. The van der Waals surface area contributed by atoms with Crippen LogP contribution in [0.4, 0.5) is 0 Å². The predicted octanol–water partition coefficient (Wildman–Crippen LogP) is 2.31. The van der Waals surface area contributed by atoms with Crippen molar-refractivity contribution in [3.05, 3.63) is 29.7 Å². The number of benzene rings is 1. The Labute approximate surface area is 108 Å². The van der Waals surface area contributed by atoms with Crippen LogP contribution in [0, 0.1) is 6.92 Å². The lowest BCUT2D eigenvalue weighted by Crippen LogP contribution is -2.19. The van der Waals surface area contributed by atoms with Crippen LogP contribution in [0.2, 0.25) is 0 Å². The van der Waals surface area contributed by atoms with E-state index in [0.717, 1.165) is 49.5 Å². The number of nitrogens with two attached hydrogens (primary N) is 1. The van der Waals surface area contributed by atoms with Crippen LogP contribution >= 0.6 is 0 Å². The molecule has 2 aromatic rings. The highest BCUT2D eigenvalue weighted by Gasteiger charge is 2.05. The monoisotopic (exact) mass is 247 g/mol. The number of fused-ring (bicyclic) bond motifs is 1. The third kappa shape index (κ3) is 3.31. The van der Waals surface area contributed by atoms with Gasteiger partial charge in [0.25, 0.3) is 0 Å². The van der Waals surface area contributed by atoms with Gasteiger partial charge in [-0.15, -0.1) is 0 Å². The molecule has 0 aliphatic carbocycles. The molecule has 4 heteroatoms. The maximum Gasteiger partial charge on any atom is 0.192 e. The average molecular weight is 247 g/mol. The quantitative estimate of drug-likeness (QED) is 0.796. The Morgan fingerprint density at radius 2 is 2.17 bits per heavy atom. The Morgan fingerprint density at radius 3 is 2.94 bits per heavy atom. The van der Waals surface area contributed by atoms with Crippen LogP contribution in [0.5, 0.6) is 0 Å². The largest absolute Gasteiger partial charge is 0.441 e. The molecule has 1 heterocycles. The molecule has 2 N–H and O–H groups in total. The van der Waals surface area contributed by atoms with Crippen molar-refractivity contribution in [3.63, 3.8) is 0 Å². The highest BCUT2D eigenvalue weighted by Crippen LogP contribution is 2.17. The second-order valence-corrected chi connectivity index (χ2v) is 4.77. The van der Waals surface area contributed by atoms with Gasteiger partial charge in [-0.2, -0.15) is 0 Å². The zero-order valence-electron chi connectivity index (χ0n) is 11.1. The third-order valence-electron chi connectivity index (χ3n) is 3.01. The van der Waals surface area contributed by atoms with Gasteiger partial charge >= 0.3 is 0 Å². The molecular weight excluding hydrogens is 226 g/mol. The zero-order valence-corrected chi connectivity index (χ0v) is 11.1. The SMILES string of the molecule is Cc1nc2ccc(CN(C)CCCCN)cc2o1. The molecule has 0 aliphatic rings. The molecular formula is C14H21N3O. The van der Waals surface area contributed by atoms with Crippen molar-refractivity contribution in [3.8, 4) is 0 Å². The standard InChI is InChI=1S/C14H21N3O/c1-11-16-13-6-5-12(9-14(13)18-11)10-17(2)8-4-3-7-15/h5-6,9H,3-4,7-8,10,15H2,1-2H3. The highest BCUT2D eigenvalue weighted by atomic mass is 16.3. The molecule has 0 aliphatic heterocycles. The van der Waals surface area contributed by atoms with E-state index in [2.05, 4.69) is 29.1 Å². The number of hydrogen-bond donors (Lipinski definition) is 1. The second-order valence-electron chi connectivity index (χ2n) is 4.77. The predicted molar refractivity (Wildman–Crippen MR) is 73.4 cm³/mol. The van der Waals surface area contributed by atoms with E-state index in [0.29, 0.717) is 0 Å². The molecule has 0 saturated carbocycles. The van der Waals surface area contributed by atoms with E-state index in [4.69, 9.17) is 10.2 Å². The Balaban J connectivity index is 1.98. The first-order valence-electron chi connectivity index (χ1n) is 6.43. The summed E-state index contributed by atoms with van der Waals surface area (Å²) >= 11 is 0. The molecule has 0 fully saturated rings. The maximum absolute atomic E-state index is 5.54. The van der Waals surface area contributed by atoms with Crippen molar-refractivity contribution in [1.29, 1.82) is 0 Å². The molecule has 0 atom stereocenters. The molecule has 2 rings (SSSR count). The summed E-state index contributed by atoms with van der Waals surface area (Å²) in [6.07, 6.45) is 2.24. The number of hydrogen-bond acceptors (Lipinski definition) is 4. The van der Waals surface area contributed by atoms with Crippen molar-refractivity contribution in [2.45, 2.75) is 26.3 Å². The van der Waals surface area contributed by atoms with Gasteiger partial charge in [-0.3, -0.25) is 0 Å². The molecule has 0 amide bonds. The van der Waals surface area contributed by atoms with Crippen LogP contribution in [0.1, 0.15) is 24.3 Å². The van der Waals surface area contributed by atoms with E-state index in [1.807, 2.05) is 13.0 Å². The number of aromatic nitrogens is 1. The molecule has 0 bridgehead atoms. The first-order valence-corrected chi connectivity index (χ1v) is 6.43. The van der Waals surface area contributed by atoms with Gasteiger partial charge in [-0.25, -0.2) is 4.98 Å². The van der Waals surface area contributed by atoms with E-state index in [1.165, 1.54) is 5.56 Å². The topological polar surface area (TPSA) is 55.3 Å². The Hall–Kier alpha value is -1.39. The molecule has 0 radical (unpaired) electrons. The average Bonchev–Trinajstić information content (AvgIpc) is 2.69. The summed E-state index contributed by atoms with van der Waals surface area (Å²) in [4.78, 5) is 6.61. The van der Waals surface area contributed by atoms with Gasteiger partial charge in [-0.05, 0) is 50.7 Å². The van der Waals surface area contributed by atoms with Gasteiger partial charge in [0.1, 0.15) is 5.52 Å². The van der Waals surface area contributed by atoms with Crippen LogP contribution < -0.4 is 5.73 Å². The number of aryl methyl sites for hydroxylation is 1. The fourth-order valence-corrected chi connectivity index (χ4v) is 2.10. The van der Waals surface area contributed by atoms with Crippen molar-refractivity contribution in [1.82, 2.24) is 9.88 Å². The first kappa shape index (κ1) is 13.1. The Morgan fingerprint density at radius 1 is 1.33 bits per heavy atom. The molecule has 4 nitrogen and oxygen atoms in total. The van der Waals surface area contributed by atoms with Gasteiger partial charge in [-0.1, -0.05) is 6.07 Å². The number of oxazole rings is 1. The molecule has 98 valence electrons. The van der Waals surface area contributed by atoms with Crippen molar-refractivity contribution < 1.29 is 4.42 Å². The summed E-state index contributed by atoms with van der Waals surface area (Å²) in [5.41, 5.74) is 8.56. The lowest BCUT2D eigenvalue weighted by atomic mass is 10.2. The van der Waals surface area contributed by atoms with Gasteiger partial charge in [0, 0.05) is 13.5 Å². The van der Waals surface area contributed by atoms with Crippen LogP contribution in [-0.2, 0) is 6.54 Å². The summed E-state index contributed by atoms with van der Waals surface area (Å²) in [5.74, 6) is 0.721.